The van der Waals surface area contributed by atoms with Crippen LogP contribution in [0.15, 0.2) is 66.7 Å². The molecule has 0 aliphatic heterocycles. The number of ether oxygens (including phenoxy) is 1. The summed E-state index contributed by atoms with van der Waals surface area (Å²) in [6.45, 7) is 9.32. The zero-order chi connectivity index (χ0) is 30.4. The van der Waals surface area contributed by atoms with Gasteiger partial charge in [0.1, 0.15) is 17.7 Å². The Morgan fingerprint density at radius 1 is 1.00 bits per heavy atom. The van der Waals surface area contributed by atoms with Crippen LogP contribution in [0.1, 0.15) is 77.5 Å². The summed E-state index contributed by atoms with van der Waals surface area (Å²) in [7, 11) is 0. The number of fused-ring (bicyclic) bond motifs is 1. The fourth-order valence-electron chi connectivity index (χ4n) is 5.18. The Kier molecular flexibility index (Phi) is 9.57. The molecule has 7 heteroatoms. The van der Waals surface area contributed by atoms with Crippen LogP contribution in [-0.2, 0) is 14.3 Å². The van der Waals surface area contributed by atoms with Gasteiger partial charge >= 0.3 is 6.09 Å². The third-order valence-corrected chi connectivity index (χ3v) is 7.36. The van der Waals surface area contributed by atoms with E-state index in [2.05, 4.69) is 16.6 Å². The maximum absolute atomic E-state index is 14.4. The molecule has 0 heterocycles. The lowest BCUT2D eigenvalue weighted by Crippen LogP contribution is -2.57. The van der Waals surface area contributed by atoms with E-state index in [4.69, 9.17) is 11.2 Å². The summed E-state index contributed by atoms with van der Waals surface area (Å²) in [5.41, 5.74) is 1.24. The summed E-state index contributed by atoms with van der Waals surface area (Å²) >= 11 is 0. The first-order chi connectivity index (χ1) is 19.9. The molecular formula is C35H41N3O4. The number of hydrogen-bond donors (Lipinski definition) is 2. The minimum absolute atomic E-state index is 0.108. The second-order valence-electron chi connectivity index (χ2n) is 12.4. The van der Waals surface area contributed by atoms with Crippen molar-refractivity contribution in [2.75, 3.05) is 5.32 Å². The van der Waals surface area contributed by atoms with Crippen LogP contribution in [0.5, 0.6) is 0 Å². The average molecular weight is 568 g/mol. The van der Waals surface area contributed by atoms with Crippen LogP contribution < -0.4 is 10.6 Å². The maximum Gasteiger partial charge on any atom is 0.408 e. The Balaban J connectivity index is 1.72. The van der Waals surface area contributed by atoms with Gasteiger partial charge in [-0.15, -0.1) is 6.42 Å². The molecule has 0 radical (unpaired) electrons. The van der Waals surface area contributed by atoms with Gasteiger partial charge in [0.2, 0.25) is 5.91 Å². The monoisotopic (exact) mass is 567 g/mol. The average Bonchev–Trinajstić information content (AvgIpc) is 2.90. The van der Waals surface area contributed by atoms with Gasteiger partial charge in [-0.05, 0) is 93.0 Å². The van der Waals surface area contributed by atoms with Crippen molar-refractivity contribution in [1.82, 2.24) is 10.2 Å². The minimum atomic E-state index is -0.934. The Morgan fingerprint density at radius 2 is 1.67 bits per heavy atom. The smallest absolute Gasteiger partial charge is 0.408 e. The standard InChI is InChI=1S/C35H41N3O4/c1-7-24-15-17-26(18-16-24)31(32(39)36-28-20-19-25-11-8-9-12-27(25)22-28)38(29-13-10-14-29)33(40)30(21-23(2)3)37-34(41)42-35(4,5)6/h1,8-9,11-12,15-20,22-23,29-31H,10,13-14,21H2,2-6H3,(H,36,39)(H,37,41). The molecule has 220 valence electrons. The number of anilines is 1. The summed E-state index contributed by atoms with van der Waals surface area (Å²) in [5, 5.41) is 7.94. The summed E-state index contributed by atoms with van der Waals surface area (Å²) in [5.74, 6) is 2.08. The molecule has 2 unspecified atom stereocenters. The van der Waals surface area contributed by atoms with Crippen molar-refractivity contribution in [3.8, 4) is 12.3 Å². The summed E-state index contributed by atoms with van der Waals surface area (Å²) < 4.78 is 5.49. The van der Waals surface area contributed by atoms with Crippen molar-refractivity contribution in [2.45, 2.75) is 84.0 Å². The normalized spacial score (nSPS) is 14.8. The van der Waals surface area contributed by atoms with Gasteiger partial charge in [-0.25, -0.2) is 4.79 Å². The summed E-state index contributed by atoms with van der Waals surface area (Å²) in [4.78, 5) is 43.1. The van der Waals surface area contributed by atoms with Crippen molar-refractivity contribution in [1.29, 1.82) is 0 Å². The molecule has 1 saturated carbocycles. The van der Waals surface area contributed by atoms with E-state index >= 15 is 0 Å². The van der Waals surface area contributed by atoms with E-state index in [0.29, 0.717) is 23.2 Å². The minimum Gasteiger partial charge on any atom is -0.444 e. The quantitative estimate of drug-likeness (QED) is 0.278. The lowest BCUT2D eigenvalue weighted by atomic mass is 9.87. The maximum atomic E-state index is 14.4. The van der Waals surface area contributed by atoms with E-state index in [-0.39, 0.29) is 23.8 Å². The van der Waals surface area contributed by atoms with E-state index < -0.39 is 23.8 Å². The second-order valence-corrected chi connectivity index (χ2v) is 12.4. The molecule has 0 aromatic heterocycles. The van der Waals surface area contributed by atoms with E-state index in [9.17, 15) is 14.4 Å². The third kappa shape index (κ3) is 7.70. The van der Waals surface area contributed by atoms with Crippen LogP contribution in [0.3, 0.4) is 0 Å². The molecule has 2 atom stereocenters. The van der Waals surface area contributed by atoms with Gasteiger partial charge in [-0.2, -0.15) is 0 Å². The predicted molar refractivity (Wildman–Crippen MR) is 167 cm³/mol. The Morgan fingerprint density at radius 3 is 2.24 bits per heavy atom. The molecule has 2 N–H and O–H groups in total. The third-order valence-electron chi connectivity index (χ3n) is 7.36. The van der Waals surface area contributed by atoms with Gasteiger partial charge in [-0.1, -0.05) is 62.2 Å². The van der Waals surface area contributed by atoms with Crippen LogP contribution in [-0.4, -0.2) is 40.5 Å². The zero-order valence-electron chi connectivity index (χ0n) is 25.1. The molecule has 1 aliphatic carbocycles. The Labute approximate surface area is 249 Å². The first-order valence-corrected chi connectivity index (χ1v) is 14.6. The van der Waals surface area contributed by atoms with Crippen LogP contribution in [0, 0.1) is 18.3 Å². The highest BCUT2D eigenvalue weighted by molar-refractivity contribution is 6.00. The van der Waals surface area contributed by atoms with Crippen molar-refractivity contribution >= 4 is 34.4 Å². The molecule has 7 nitrogen and oxygen atoms in total. The molecule has 0 bridgehead atoms. The van der Waals surface area contributed by atoms with Gasteiger partial charge in [0.05, 0.1) is 0 Å². The van der Waals surface area contributed by atoms with Crippen LogP contribution in [0.25, 0.3) is 10.8 Å². The van der Waals surface area contributed by atoms with Crippen LogP contribution in [0.4, 0.5) is 10.5 Å². The highest BCUT2D eigenvalue weighted by Crippen LogP contribution is 2.35. The molecule has 3 aromatic carbocycles. The molecule has 1 aliphatic rings. The second kappa shape index (κ2) is 13.1. The number of hydrogen-bond acceptors (Lipinski definition) is 4. The van der Waals surface area contributed by atoms with Gasteiger partial charge in [0.15, 0.2) is 0 Å². The number of nitrogens with zero attached hydrogens (tertiary/aromatic N) is 1. The van der Waals surface area contributed by atoms with E-state index in [0.717, 1.165) is 30.0 Å². The van der Waals surface area contributed by atoms with Crippen molar-refractivity contribution in [3.05, 3.63) is 77.9 Å². The van der Waals surface area contributed by atoms with Crippen LogP contribution in [0.2, 0.25) is 0 Å². The van der Waals surface area contributed by atoms with E-state index in [1.165, 1.54) is 0 Å². The van der Waals surface area contributed by atoms with Gasteiger partial charge in [-0.3, -0.25) is 9.59 Å². The number of terminal acetylenes is 1. The lowest BCUT2D eigenvalue weighted by Gasteiger charge is -2.43. The molecule has 3 aromatic rings. The molecule has 1 fully saturated rings. The van der Waals surface area contributed by atoms with Gasteiger partial charge in [0.25, 0.3) is 5.91 Å². The molecule has 42 heavy (non-hydrogen) atoms. The first-order valence-electron chi connectivity index (χ1n) is 14.6. The van der Waals surface area contributed by atoms with Crippen molar-refractivity contribution < 1.29 is 19.1 Å². The number of nitrogens with one attached hydrogen (secondary N) is 2. The van der Waals surface area contributed by atoms with Gasteiger partial charge < -0.3 is 20.3 Å². The number of alkyl carbamates (subject to hydrolysis) is 1. The van der Waals surface area contributed by atoms with Crippen molar-refractivity contribution in [2.24, 2.45) is 5.92 Å². The number of benzene rings is 3. The fraction of sp³-hybridized carbons (Fsp3) is 0.400. The molecular weight excluding hydrogens is 526 g/mol. The van der Waals surface area contributed by atoms with Gasteiger partial charge in [0, 0.05) is 17.3 Å². The van der Waals surface area contributed by atoms with E-state index in [1.54, 1.807) is 49.9 Å². The van der Waals surface area contributed by atoms with E-state index in [1.807, 2.05) is 56.3 Å². The molecule has 0 spiro atoms. The molecule has 3 amide bonds. The lowest BCUT2D eigenvalue weighted by molar-refractivity contribution is -0.146. The SMILES string of the molecule is C#Cc1ccc(C(C(=O)Nc2ccc3ccccc3c2)N(C(=O)C(CC(C)C)NC(=O)OC(C)(C)C)C2CCC2)cc1. The van der Waals surface area contributed by atoms with Crippen molar-refractivity contribution in [3.63, 3.8) is 0 Å². The zero-order valence-corrected chi connectivity index (χ0v) is 25.1. The number of carbonyl (C=O) groups excluding carboxylic acids is 3. The Bertz CT molecular complexity index is 1460. The number of carbonyl (C=O) groups is 3. The predicted octanol–water partition coefficient (Wildman–Crippen LogP) is 6.82. The number of rotatable bonds is 9. The molecule has 0 saturated heterocycles. The largest absolute Gasteiger partial charge is 0.444 e. The van der Waals surface area contributed by atoms with Crippen LogP contribution >= 0.6 is 0 Å². The highest BCUT2D eigenvalue weighted by atomic mass is 16.6. The number of amides is 3. The topological polar surface area (TPSA) is 87.7 Å². The summed E-state index contributed by atoms with van der Waals surface area (Å²) in [6, 6.07) is 18.9. The Hall–Kier alpha value is -4.31. The highest BCUT2D eigenvalue weighted by Gasteiger charge is 2.42. The molecule has 4 rings (SSSR count). The first kappa shape index (κ1) is 30.6. The fourth-order valence-corrected chi connectivity index (χ4v) is 5.18. The summed E-state index contributed by atoms with van der Waals surface area (Å²) in [6.07, 6.45) is 7.84.